The molecule has 0 spiro atoms. The summed E-state index contributed by atoms with van der Waals surface area (Å²) in [6.45, 7) is 7.07. The van der Waals surface area contributed by atoms with Gasteiger partial charge in [0.25, 0.3) is 0 Å². The topological polar surface area (TPSA) is 8.17 Å². The maximum atomic E-state index is 2.50. The highest BCUT2D eigenvalue weighted by molar-refractivity contribution is 6.11. The van der Waals surface area contributed by atoms with Crippen molar-refractivity contribution in [1.82, 2.24) is 4.57 Å². The van der Waals surface area contributed by atoms with Crippen molar-refractivity contribution in [3.63, 3.8) is 0 Å². The van der Waals surface area contributed by atoms with Crippen LogP contribution in [0.3, 0.4) is 0 Å². The van der Waals surface area contributed by atoms with Crippen LogP contribution >= 0.6 is 0 Å². The lowest BCUT2D eigenvalue weighted by molar-refractivity contribution is 0.661. The molecule has 0 N–H and O–H groups in total. The smallest absolute Gasteiger partial charge is 0.0542 e. The summed E-state index contributed by atoms with van der Waals surface area (Å²) in [6.07, 6.45) is 5.70. The number of allylic oxidation sites excluding steroid dienone is 1. The molecule has 1 heterocycles. The van der Waals surface area contributed by atoms with E-state index >= 15 is 0 Å². The minimum atomic E-state index is -0.165. The van der Waals surface area contributed by atoms with Crippen LogP contribution in [0.1, 0.15) is 43.0 Å². The van der Waals surface area contributed by atoms with Crippen LogP contribution in [0, 0.1) is 5.92 Å². The molecule has 8 aromatic rings. The third-order valence-electron chi connectivity index (χ3n) is 11.5. The number of hydrogen-bond acceptors (Lipinski definition) is 1. The molecule has 0 saturated heterocycles. The van der Waals surface area contributed by atoms with Gasteiger partial charge in [0, 0.05) is 33.2 Å². The number of rotatable bonds is 5. The van der Waals surface area contributed by atoms with E-state index in [1.54, 1.807) is 0 Å². The number of aromatic nitrogens is 1. The summed E-state index contributed by atoms with van der Waals surface area (Å²) in [4.78, 5) is 2.50. The lowest BCUT2D eigenvalue weighted by Gasteiger charge is -2.32. The molecule has 250 valence electrons. The van der Waals surface area contributed by atoms with Crippen molar-refractivity contribution in [2.75, 3.05) is 4.90 Å². The molecule has 0 amide bonds. The minimum absolute atomic E-state index is 0.165. The van der Waals surface area contributed by atoms with Crippen LogP contribution < -0.4 is 4.90 Å². The van der Waals surface area contributed by atoms with Gasteiger partial charge in [-0.25, -0.2) is 0 Å². The third-order valence-corrected chi connectivity index (χ3v) is 11.5. The standard InChI is InChI=1S/C50H40N2/c1-33-23-24-34-13-11-18-39(43(34)31-33)35-25-27-37(28-26-35)51(48-22-12-19-42-40-16-7-9-20-45(40)50(2,3)49(42)48)38-29-30-47-44(32-38)41-17-8-10-21-46(41)52(47)36-14-5-4-6-15-36/h4-30,32-33H,31H2,1-3H3. The fraction of sp³-hybridized carbons (Fsp3) is 0.120. The number of benzene rings is 7. The molecular formula is C50H40N2. The van der Waals surface area contributed by atoms with Crippen molar-refractivity contribution in [2.24, 2.45) is 5.92 Å². The summed E-state index contributed by atoms with van der Waals surface area (Å²) in [7, 11) is 0. The van der Waals surface area contributed by atoms with Crippen LogP contribution in [0.2, 0.25) is 0 Å². The van der Waals surface area contributed by atoms with Gasteiger partial charge in [0.05, 0.1) is 16.7 Å². The van der Waals surface area contributed by atoms with Gasteiger partial charge in [0.2, 0.25) is 0 Å². The Morgan fingerprint density at radius 1 is 0.596 bits per heavy atom. The largest absolute Gasteiger partial charge is 0.310 e. The first-order valence-electron chi connectivity index (χ1n) is 18.5. The quantitative estimate of drug-likeness (QED) is 0.177. The zero-order chi connectivity index (χ0) is 35.0. The first kappa shape index (κ1) is 30.7. The van der Waals surface area contributed by atoms with Crippen LogP contribution in [0.5, 0.6) is 0 Å². The Morgan fingerprint density at radius 3 is 2.15 bits per heavy atom. The molecule has 2 aliphatic carbocycles. The monoisotopic (exact) mass is 668 g/mol. The van der Waals surface area contributed by atoms with E-state index < -0.39 is 0 Å². The maximum absolute atomic E-state index is 2.50. The van der Waals surface area contributed by atoms with Gasteiger partial charge >= 0.3 is 0 Å². The Labute approximate surface area is 305 Å². The Bertz CT molecular complexity index is 2690. The average Bonchev–Trinajstić information content (AvgIpc) is 3.64. The third kappa shape index (κ3) is 4.64. The molecule has 52 heavy (non-hydrogen) atoms. The van der Waals surface area contributed by atoms with Gasteiger partial charge in [-0.3, -0.25) is 0 Å². The van der Waals surface area contributed by atoms with E-state index in [9.17, 15) is 0 Å². The molecular weight excluding hydrogens is 629 g/mol. The van der Waals surface area contributed by atoms with Gasteiger partial charge in [-0.15, -0.1) is 0 Å². The predicted molar refractivity (Wildman–Crippen MR) is 220 cm³/mol. The Kier molecular flexibility index (Phi) is 6.91. The molecule has 2 heteroatoms. The molecule has 0 radical (unpaired) electrons. The molecule has 1 unspecified atom stereocenters. The highest BCUT2D eigenvalue weighted by Gasteiger charge is 2.38. The van der Waals surface area contributed by atoms with Crippen molar-refractivity contribution >= 4 is 44.9 Å². The number of para-hydroxylation sites is 2. The summed E-state index contributed by atoms with van der Waals surface area (Å²) >= 11 is 0. The van der Waals surface area contributed by atoms with E-state index in [0.717, 1.165) is 17.8 Å². The number of anilines is 3. The van der Waals surface area contributed by atoms with Crippen LogP contribution in [0.15, 0.2) is 164 Å². The summed E-state index contributed by atoms with van der Waals surface area (Å²) in [5.41, 5.74) is 17.7. The summed E-state index contributed by atoms with van der Waals surface area (Å²) < 4.78 is 2.39. The van der Waals surface area contributed by atoms with Gasteiger partial charge in [-0.1, -0.05) is 136 Å². The van der Waals surface area contributed by atoms with Crippen LogP contribution in [0.25, 0.3) is 55.8 Å². The summed E-state index contributed by atoms with van der Waals surface area (Å²) in [5, 5.41) is 2.49. The minimum Gasteiger partial charge on any atom is -0.310 e. The number of fused-ring (bicyclic) bond motifs is 7. The fourth-order valence-corrected chi connectivity index (χ4v) is 9.09. The molecule has 7 aromatic carbocycles. The second kappa shape index (κ2) is 11.7. The van der Waals surface area contributed by atoms with E-state index in [1.807, 2.05) is 0 Å². The normalized spacial score (nSPS) is 15.4. The predicted octanol–water partition coefficient (Wildman–Crippen LogP) is 13.4. The second-order valence-electron chi connectivity index (χ2n) is 15.1. The Balaban J connectivity index is 1.19. The van der Waals surface area contributed by atoms with Crippen LogP contribution in [0.4, 0.5) is 17.1 Å². The van der Waals surface area contributed by atoms with Crippen molar-refractivity contribution in [3.05, 3.63) is 186 Å². The van der Waals surface area contributed by atoms with Gasteiger partial charge < -0.3 is 9.47 Å². The zero-order valence-corrected chi connectivity index (χ0v) is 29.8. The lowest BCUT2D eigenvalue weighted by atomic mass is 9.81. The first-order chi connectivity index (χ1) is 25.5. The van der Waals surface area contributed by atoms with Gasteiger partial charge in [0.15, 0.2) is 0 Å². The summed E-state index contributed by atoms with van der Waals surface area (Å²) in [5.74, 6) is 0.541. The second-order valence-corrected chi connectivity index (χ2v) is 15.1. The van der Waals surface area contributed by atoms with Crippen molar-refractivity contribution in [1.29, 1.82) is 0 Å². The highest BCUT2D eigenvalue weighted by Crippen LogP contribution is 2.54. The zero-order valence-electron chi connectivity index (χ0n) is 29.8. The maximum Gasteiger partial charge on any atom is 0.0542 e. The van der Waals surface area contributed by atoms with E-state index in [1.165, 1.54) is 77.7 Å². The van der Waals surface area contributed by atoms with E-state index in [-0.39, 0.29) is 5.41 Å². The molecule has 0 aliphatic heterocycles. The van der Waals surface area contributed by atoms with Gasteiger partial charge in [0.1, 0.15) is 0 Å². The van der Waals surface area contributed by atoms with E-state index in [2.05, 4.69) is 200 Å². The molecule has 2 nitrogen and oxygen atoms in total. The number of nitrogens with zero attached hydrogens (tertiary/aromatic N) is 2. The molecule has 1 aromatic heterocycles. The molecule has 2 aliphatic rings. The van der Waals surface area contributed by atoms with Gasteiger partial charge in [-0.05, 0) is 111 Å². The number of hydrogen-bond donors (Lipinski definition) is 0. The van der Waals surface area contributed by atoms with Crippen LogP contribution in [-0.2, 0) is 11.8 Å². The fourth-order valence-electron chi connectivity index (χ4n) is 9.09. The molecule has 0 fully saturated rings. The lowest BCUT2D eigenvalue weighted by Crippen LogP contribution is -2.20. The molecule has 10 rings (SSSR count). The van der Waals surface area contributed by atoms with Crippen molar-refractivity contribution < 1.29 is 0 Å². The molecule has 1 atom stereocenters. The average molecular weight is 669 g/mol. The highest BCUT2D eigenvalue weighted by atomic mass is 15.1. The van der Waals surface area contributed by atoms with Crippen molar-refractivity contribution in [2.45, 2.75) is 32.6 Å². The van der Waals surface area contributed by atoms with Crippen molar-refractivity contribution in [3.8, 4) is 27.9 Å². The van der Waals surface area contributed by atoms with E-state index in [4.69, 9.17) is 0 Å². The SMILES string of the molecule is CC1C=Cc2cccc(-c3ccc(N(c4ccc5c(c4)c4ccccc4n5-c4ccccc4)c4cccc5c4C(C)(C)c4ccccc4-5)cc3)c2C1. The Hall–Kier alpha value is -6.12. The first-order valence-corrected chi connectivity index (χ1v) is 18.5. The Morgan fingerprint density at radius 2 is 1.29 bits per heavy atom. The molecule has 0 saturated carbocycles. The summed E-state index contributed by atoms with van der Waals surface area (Å²) in [6, 6.07) is 58.4. The van der Waals surface area contributed by atoms with Crippen LogP contribution in [-0.4, -0.2) is 4.57 Å². The molecule has 0 bridgehead atoms. The van der Waals surface area contributed by atoms with Gasteiger partial charge in [-0.2, -0.15) is 0 Å². The van der Waals surface area contributed by atoms with E-state index in [0.29, 0.717) is 5.92 Å².